The Balaban J connectivity index is 1.98. The van der Waals surface area contributed by atoms with Crippen LogP contribution in [0.3, 0.4) is 0 Å². The number of hydrogen-bond donors (Lipinski definition) is 1. The van der Waals surface area contributed by atoms with Gasteiger partial charge in [0.25, 0.3) is 0 Å². The van der Waals surface area contributed by atoms with Gasteiger partial charge in [0, 0.05) is 15.8 Å². The molecular weight excluding hydrogens is 250 g/mol. The molecular formula is C17H23NS. The highest BCUT2D eigenvalue weighted by Crippen LogP contribution is 2.26. The summed E-state index contributed by atoms with van der Waals surface area (Å²) in [6.45, 7) is 5.50. The molecule has 1 aromatic heterocycles. The van der Waals surface area contributed by atoms with Gasteiger partial charge in [0.15, 0.2) is 0 Å². The summed E-state index contributed by atoms with van der Waals surface area (Å²) in [5, 5.41) is 3.68. The SMILES string of the molecule is CCCNC(CCc1ccccc1)c1ccc(C)s1. The number of hydrogen-bond acceptors (Lipinski definition) is 2. The fraction of sp³-hybridized carbons (Fsp3) is 0.412. The Bertz CT molecular complexity index is 475. The van der Waals surface area contributed by atoms with Gasteiger partial charge < -0.3 is 5.32 Å². The Morgan fingerprint density at radius 3 is 2.53 bits per heavy atom. The van der Waals surface area contributed by atoms with E-state index in [1.54, 1.807) is 0 Å². The number of thiophene rings is 1. The predicted octanol–water partition coefficient (Wildman–Crippen LogP) is 4.73. The van der Waals surface area contributed by atoms with Crippen molar-refractivity contribution in [2.24, 2.45) is 0 Å². The summed E-state index contributed by atoms with van der Waals surface area (Å²) >= 11 is 1.92. The van der Waals surface area contributed by atoms with Crippen LogP contribution in [0.4, 0.5) is 0 Å². The summed E-state index contributed by atoms with van der Waals surface area (Å²) < 4.78 is 0. The molecule has 1 unspecified atom stereocenters. The van der Waals surface area contributed by atoms with Gasteiger partial charge >= 0.3 is 0 Å². The van der Waals surface area contributed by atoms with E-state index in [1.807, 2.05) is 11.3 Å². The first-order valence-electron chi connectivity index (χ1n) is 7.13. The molecule has 0 amide bonds. The largest absolute Gasteiger partial charge is 0.309 e. The minimum absolute atomic E-state index is 0.499. The smallest absolute Gasteiger partial charge is 0.0418 e. The van der Waals surface area contributed by atoms with Crippen molar-refractivity contribution < 1.29 is 0 Å². The van der Waals surface area contributed by atoms with Crippen molar-refractivity contribution in [3.8, 4) is 0 Å². The van der Waals surface area contributed by atoms with Gasteiger partial charge in [-0.1, -0.05) is 37.3 Å². The average Bonchev–Trinajstić information content (AvgIpc) is 2.86. The average molecular weight is 273 g/mol. The van der Waals surface area contributed by atoms with Gasteiger partial charge in [-0.3, -0.25) is 0 Å². The number of benzene rings is 1. The highest BCUT2D eigenvalue weighted by molar-refractivity contribution is 7.12. The molecule has 1 atom stereocenters. The van der Waals surface area contributed by atoms with Crippen LogP contribution in [0.5, 0.6) is 0 Å². The lowest BCUT2D eigenvalue weighted by molar-refractivity contribution is 0.506. The van der Waals surface area contributed by atoms with Crippen molar-refractivity contribution in [3.63, 3.8) is 0 Å². The maximum absolute atomic E-state index is 3.68. The number of aryl methyl sites for hydroxylation is 2. The van der Waals surface area contributed by atoms with E-state index in [2.05, 4.69) is 61.6 Å². The molecule has 1 aromatic carbocycles. The molecule has 0 aliphatic heterocycles. The number of nitrogens with one attached hydrogen (secondary N) is 1. The van der Waals surface area contributed by atoms with E-state index in [0.717, 1.165) is 13.0 Å². The standard InChI is InChI=1S/C17H23NS/c1-3-13-18-16(17-12-9-14(2)19-17)11-10-15-7-5-4-6-8-15/h4-9,12,16,18H,3,10-11,13H2,1-2H3. The maximum atomic E-state index is 3.68. The van der Waals surface area contributed by atoms with Crippen molar-refractivity contribution in [2.75, 3.05) is 6.54 Å². The lowest BCUT2D eigenvalue weighted by Gasteiger charge is -2.17. The van der Waals surface area contributed by atoms with Crippen LogP contribution in [-0.4, -0.2) is 6.54 Å². The van der Waals surface area contributed by atoms with Gasteiger partial charge in [-0.15, -0.1) is 11.3 Å². The molecule has 2 heteroatoms. The van der Waals surface area contributed by atoms with Gasteiger partial charge in [-0.05, 0) is 50.4 Å². The molecule has 2 aromatic rings. The quantitative estimate of drug-likeness (QED) is 0.769. The molecule has 0 fully saturated rings. The summed E-state index contributed by atoms with van der Waals surface area (Å²) in [7, 11) is 0. The van der Waals surface area contributed by atoms with Gasteiger partial charge in [-0.2, -0.15) is 0 Å². The zero-order valence-corrected chi connectivity index (χ0v) is 12.7. The van der Waals surface area contributed by atoms with E-state index in [4.69, 9.17) is 0 Å². The topological polar surface area (TPSA) is 12.0 Å². The summed E-state index contributed by atoms with van der Waals surface area (Å²) in [4.78, 5) is 2.87. The maximum Gasteiger partial charge on any atom is 0.0418 e. The minimum atomic E-state index is 0.499. The van der Waals surface area contributed by atoms with Crippen LogP contribution in [0.15, 0.2) is 42.5 Å². The third-order valence-corrected chi connectivity index (χ3v) is 4.42. The number of rotatable bonds is 7. The summed E-state index contributed by atoms with van der Waals surface area (Å²) in [6.07, 6.45) is 3.50. The Hall–Kier alpha value is -1.12. The van der Waals surface area contributed by atoms with Gasteiger partial charge in [-0.25, -0.2) is 0 Å². The monoisotopic (exact) mass is 273 g/mol. The second-order valence-electron chi connectivity index (χ2n) is 4.98. The molecule has 2 rings (SSSR count). The van der Waals surface area contributed by atoms with E-state index in [9.17, 15) is 0 Å². The molecule has 0 spiro atoms. The molecule has 0 aliphatic carbocycles. The normalized spacial score (nSPS) is 12.5. The second kappa shape index (κ2) is 7.46. The fourth-order valence-electron chi connectivity index (χ4n) is 2.26. The zero-order valence-electron chi connectivity index (χ0n) is 11.9. The first-order chi connectivity index (χ1) is 9.29. The Morgan fingerprint density at radius 1 is 1.11 bits per heavy atom. The van der Waals surface area contributed by atoms with Crippen LogP contribution in [-0.2, 0) is 6.42 Å². The van der Waals surface area contributed by atoms with E-state index in [0.29, 0.717) is 6.04 Å². The van der Waals surface area contributed by atoms with Crippen molar-refractivity contribution in [1.82, 2.24) is 5.32 Å². The van der Waals surface area contributed by atoms with Crippen molar-refractivity contribution in [2.45, 2.75) is 39.2 Å². The highest BCUT2D eigenvalue weighted by Gasteiger charge is 2.12. The first-order valence-corrected chi connectivity index (χ1v) is 7.95. The molecule has 1 heterocycles. The van der Waals surface area contributed by atoms with E-state index < -0.39 is 0 Å². The van der Waals surface area contributed by atoms with Crippen LogP contribution in [0.2, 0.25) is 0 Å². The third-order valence-electron chi connectivity index (χ3n) is 3.31. The van der Waals surface area contributed by atoms with Gasteiger partial charge in [0.1, 0.15) is 0 Å². The van der Waals surface area contributed by atoms with Crippen molar-refractivity contribution in [3.05, 3.63) is 57.8 Å². The highest BCUT2D eigenvalue weighted by atomic mass is 32.1. The van der Waals surface area contributed by atoms with Crippen LogP contribution in [0, 0.1) is 6.92 Å². The Labute approximate surface area is 120 Å². The molecule has 1 nitrogen and oxygen atoms in total. The van der Waals surface area contributed by atoms with Crippen LogP contribution < -0.4 is 5.32 Å². The van der Waals surface area contributed by atoms with Gasteiger partial charge in [0.05, 0.1) is 0 Å². The van der Waals surface area contributed by atoms with Crippen LogP contribution in [0.1, 0.15) is 41.1 Å². The first kappa shape index (κ1) is 14.3. The summed E-state index contributed by atoms with van der Waals surface area (Å²) in [5.41, 5.74) is 1.43. The van der Waals surface area contributed by atoms with Crippen LogP contribution >= 0.6 is 11.3 Å². The molecule has 0 saturated heterocycles. The van der Waals surface area contributed by atoms with E-state index in [1.165, 1.54) is 28.2 Å². The molecule has 102 valence electrons. The predicted molar refractivity (Wildman–Crippen MR) is 84.9 cm³/mol. The second-order valence-corrected chi connectivity index (χ2v) is 6.30. The molecule has 1 N–H and O–H groups in total. The lowest BCUT2D eigenvalue weighted by atomic mass is 10.0. The fourth-order valence-corrected chi connectivity index (χ4v) is 3.25. The molecule has 0 saturated carbocycles. The van der Waals surface area contributed by atoms with E-state index in [-0.39, 0.29) is 0 Å². The van der Waals surface area contributed by atoms with Crippen molar-refractivity contribution >= 4 is 11.3 Å². The lowest BCUT2D eigenvalue weighted by Crippen LogP contribution is -2.21. The Kier molecular flexibility index (Phi) is 5.62. The third kappa shape index (κ3) is 4.48. The van der Waals surface area contributed by atoms with Gasteiger partial charge in [0.2, 0.25) is 0 Å². The molecule has 0 radical (unpaired) electrons. The summed E-state index contributed by atoms with van der Waals surface area (Å²) in [6, 6.07) is 15.8. The molecule has 19 heavy (non-hydrogen) atoms. The molecule has 0 bridgehead atoms. The van der Waals surface area contributed by atoms with Crippen LogP contribution in [0.25, 0.3) is 0 Å². The van der Waals surface area contributed by atoms with Crippen molar-refractivity contribution in [1.29, 1.82) is 0 Å². The minimum Gasteiger partial charge on any atom is -0.309 e. The Morgan fingerprint density at radius 2 is 1.89 bits per heavy atom. The summed E-state index contributed by atoms with van der Waals surface area (Å²) in [5.74, 6) is 0. The molecule has 0 aliphatic rings. The van der Waals surface area contributed by atoms with E-state index >= 15 is 0 Å². The zero-order chi connectivity index (χ0) is 13.5.